The average molecular weight is 731 g/mol. The number of hydrogen-bond acceptors (Lipinski definition) is 12. The van der Waals surface area contributed by atoms with Gasteiger partial charge in [0.1, 0.15) is 30.3 Å². The highest BCUT2D eigenvalue weighted by Crippen LogP contribution is 2.17. The van der Waals surface area contributed by atoms with E-state index in [4.69, 9.17) is 10.2 Å². The summed E-state index contributed by atoms with van der Waals surface area (Å²) in [5.74, 6) is -11.7. The van der Waals surface area contributed by atoms with Crippen LogP contribution in [-0.4, -0.2) is 123 Å². The zero-order valence-corrected chi connectivity index (χ0v) is 28.8. The normalized spacial score (nSPS) is 13.8. The first-order valence-corrected chi connectivity index (χ1v) is 16.5. The van der Waals surface area contributed by atoms with Crippen molar-refractivity contribution in [3.05, 3.63) is 0 Å². The first kappa shape index (κ1) is 46.2. The quantitative estimate of drug-likeness (QED) is 0.0401. The number of hydrogen-bond donors (Lipinski definition) is 9. The predicted octanol–water partition coefficient (Wildman–Crippen LogP) is -0.978. The maximum Gasteiger partial charge on any atom is 0.326 e. The summed E-state index contributed by atoms with van der Waals surface area (Å²) in [4.78, 5) is 118. The van der Waals surface area contributed by atoms with Crippen LogP contribution in [0.4, 0.5) is 0 Å². The summed E-state index contributed by atoms with van der Waals surface area (Å²) in [6.45, 7) is 0.783. The van der Waals surface area contributed by atoms with Crippen molar-refractivity contribution in [2.24, 2.45) is 11.8 Å². The number of amides is 3. The molecule has 3 amide bonds. The fourth-order valence-electron chi connectivity index (χ4n) is 4.99. The van der Waals surface area contributed by atoms with Crippen molar-refractivity contribution >= 4 is 58.9 Å². The molecule has 0 aliphatic heterocycles. The Balaban J connectivity index is 4.79. The highest BCUT2D eigenvalue weighted by atomic mass is 16.4. The molecule has 0 spiro atoms. The van der Waals surface area contributed by atoms with Crippen LogP contribution >= 0.6 is 0 Å². The number of Topliss-reactive ketones (excluding diaryl/α,β-unsaturated/α-hetero) is 3. The minimum Gasteiger partial charge on any atom is -0.481 e. The van der Waals surface area contributed by atoms with E-state index in [0.29, 0.717) is 19.3 Å². The van der Waals surface area contributed by atoms with Crippen LogP contribution in [0.1, 0.15) is 90.4 Å². The molecule has 0 aromatic heterocycles. The minimum absolute atomic E-state index is 0.165. The third kappa shape index (κ3) is 21.1. The molecule has 19 heteroatoms. The number of aliphatic hydroxyl groups is 1. The van der Waals surface area contributed by atoms with Gasteiger partial charge in [0.05, 0.1) is 17.9 Å². The Hall–Kier alpha value is -4.78. The summed E-state index contributed by atoms with van der Waals surface area (Å²) < 4.78 is 0. The van der Waals surface area contributed by atoms with Crippen molar-refractivity contribution in [3.8, 4) is 0 Å². The Morgan fingerprint density at radius 3 is 1.43 bits per heavy atom. The van der Waals surface area contributed by atoms with Gasteiger partial charge in [0.2, 0.25) is 17.7 Å². The molecule has 0 heterocycles. The fourth-order valence-corrected chi connectivity index (χ4v) is 4.99. The smallest absolute Gasteiger partial charge is 0.326 e. The van der Waals surface area contributed by atoms with Gasteiger partial charge in [-0.15, -0.1) is 0 Å². The summed E-state index contributed by atoms with van der Waals surface area (Å²) in [6.07, 6.45) is -2.11. The molecular formula is C32H50N4O15. The lowest BCUT2D eigenvalue weighted by molar-refractivity contribution is -0.145. The number of aliphatic carboxylic acids is 4. The molecule has 0 radical (unpaired) electrons. The Morgan fingerprint density at radius 1 is 0.549 bits per heavy atom. The number of aliphatic hydroxyl groups excluding tert-OH is 1. The van der Waals surface area contributed by atoms with Gasteiger partial charge in [0.15, 0.2) is 5.78 Å². The second kappa shape index (κ2) is 25.2. The summed E-state index contributed by atoms with van der Waals surface area (Å²) >= 11 is 0. The molecule has 0 saturated carbocycles. The first-order chi connectivity index (χ1) is 23.9. The largest absolute Gasteiger partial charge is 0.481 e. The van der Waals surface area contributed by atoms with Gasteiger partial charge in [-0.05, 0) is 52.0 Å². The minimum atomic E-state index is -1.56. The maximum absolute atomic E-state index is 12.5. The molecule has 0 saturated heterocycles. The predicted molar refractivity (Wildman–Crippen MR) is 175 cm³/mol. The molecule has 9 N–H and O–H groups in total. The molecule has 0 aromatic rings. The van der Waals surface area contributed by atoms with E-state index in [1.165, 1.54) is 0 Å². The van der Waals surface area contributed by atoms with Crippen LogP contribution in [0, 0.1) is 11.8 Å². The molecule has 5 atom stereocenters. The van der Waals surface area contributed by atoms with E-state index in [1.807, 2.05) is 0 Å². The molecule has 51 heavy (non-hydrogen) atoms. The third-order valence-corrected chi connectivity index (χ3v) is 7.95. The van der Waals surface area contributed by atoms with Crippen molar-refractivity contribution in [3.63, 3.8) is 0 Å². The lowest BCUT2D eigenvalue weighted by atomic mass is 9.93. The van der Waals surface area contributed by atoms with Crippen LogP contribution in [0.5, 0.6) is 0 Å². The Labute approximate surface area is 294 Å². The van der Waals surface area contributed by atoms with E-state index < -0.39 is 122 Å². The summed E-state index contributed by atoms with van der Waals surface area (Å²) in [6, 6.07) is -3.41. The summed E-state index contributed by atoms with van der Waals surface area (Å²) in [5.41, 5.74) is 0. The zero-order valence-electron chi connectivity index (χ0n) is 28.8. The lowest BCUT2D eigenvalue weighted by Gasteiger charge is -2.17. The van der Waals surface area contributed by atoms with E-state index in [1.54, 1.807) is 7.05 Å². The second-order valence-corrected chi connectivity index (χ2v) is 12.1. The molecular weight excluding hydrogens is 680 g/mol. The highest BCUT2D eigenvalue weighted by Gasteiger charge is 2.28. The van der Waals surface area contributed by atoms with E-state index in [-0.39, 0.29) is 44.4 Å². The summed E-state index contributed by atoms with van der Waals surface area (Å²) in [7, 11) is 1.59. The van der Waals surface area contributed by atoms with Crippen LogP contribution in [-0.2, 0) is 47.9 Å². The molecule has 0 rings (SSSR count). The van der Waals surface area contributed by atoms with Gasteiger partial charge >= 0.3 is 23.9 Å². The van der Waals surface area contributed by atoms with Gasteiger partial charge in [0, 0.05) is 52.0 Å². The van der Waals surface area contributed by atoms with Gasteiger partial charge in [-0.3, -0.25) is 38.4 Å². The van der Waals surface area contributed by atoms with Crippen LogP contribution < -0.4 is 21.3 Å². The molecule has 0 aliphatic carbocycles. The SMILES string of the molecule is CN[C@@H](CCCCNC(=O)CC[C@H](CC(=O)CC[C@H](NC(=O)CC[C@H](CC(=O)CC[C@H](NC(C)=O)C(=O)O)C(=O)O)C(=O)O)C(=O)O)C(=O)CO. The van der Waals surface area contributed by atoms with Crippen LogP contribution in [0.25, 0.3) is 0 Å². The van der Waals surface area contributed by atoms with E-state index in [9.17, 15) is 63.3 Å². The number of carbonyl (C=O) groups is 10. The Morgan fingerprint density at radius 2 is 1.02 bits per heavy atom. The van der Waals surface area contributed by atoms with Crippen LogP contribution in [0.15, 0.2) is 0 Å². The highest BCUT2D eigenvalue weighted by molar-refractivity contribution is 5.88. The van der Waals surface area contributed by atoms with Crippen molar-refractivity contribution in [1.29, 1.82) is 0 Å². The lowest BCUT2D eigenvalue weighted by Crippen LogP contribution is -2.41. The van der Waals surface area contributed by atoms with Gasteiger partial charge < -0.3 is 46.8 Å². The number of ketones is 3. The Bertz CT molecular complexity index is 1250. The zero-order chi connectivity index (χ0) is 39.1. The number of likely N-dealkylation sites (N-methyl/N-ethyl adjacent to an activating group) is 1. The summed E-state index contributed by atoms with van der Waals surface area (Å²) in [5, 5.41) is 56.3. The molecule has 19 nitrogen and oxygen atoms in total. The first-order valence-electron chi connectivity index (χ1n) is 16.5. The number of nitrogens with one attached hydrogen (secondary N) is 4. The topological polar surface area (TPSA) is 320 Å². The molecule has 0 aromatic carbocycles. The van der Waals surface area contributed by atoms with E-state index >= 15 is 0 Å². The van der Waals surface area contributed by atoms with Gasteiger partial charge in [0.25, 0.3) is 0 Å². The van der Waals surface area contributed by atoms with Crippen molar-refractivity contribution in [2.75, 3.05) is 20.2 Å². The standard InChI is InChI=1S/C32H50N4O15/c1-18(38)35-24(31(48)49)10-8-21(39)16-20(30(46)47)7-13-28(43)36-25(32(50)51)11-9-22(40)15-19(29(44)45)6-12-27(42)34-14-4-3-5-23(33-2)26(41)17-37/h19-20,23-25,33,37H,3-17H2,1-2H3,(H,34,42)(H,35,38)(H,36,43)(H,44,45)(H,46,47)(H,48,49)(H,50,51)/t19-,20-,23+,24+,25+/m1/s1. The number of rotatable bonds is 30. The number of carboxylic acids is 4. The van der Waals surface area contributed by atoms with Gasteiger partial charge in [-0.2, -0.15) is 0 Å². The number of carboxylic acid groups (broad SMARTS) is 4. The van der Waals surface area contributed by atoms with E-state index in [0.717, 1.165) is 6.92 Å². The second-order valence-electron chi connectivity index (χ2n) is 12.1. The van der Waals surface area contributed by atoms with Crippen LogP contribution in [0.3, 0.4) is 0 Å². The van der Waals surface area contributed by atoms with Crippen molar-refractivity contribution in [1.82, 2.24) is 21.3 Å². The van der Waals surface area contributed by atoms with Crippen molar-refractivity contribution < 1.29 is 73.5 Å². The van der Waals surface area contributed by atoms with Gasteiger partial charge in [-0.1, -0.05) is 0 Å². The van der Waals surface area contributed by atoms with Gasteiger partial charge in [-0.25, -0.2) is 9.59 Å². The molecule has 0 unspecified atom stereocenters. The van der Waals surface area contributed by atoms with Crippen LogP contribution in [0.2, 0.25) is 0 Å². The Kier molecular flexibility index (Phi) is 22.9. The number of unbranched alkanes of at least 4 members (excludes halogenated alkanes) is 1. The third-order valence-electron chi connectivity index (χ3n) is 7.95. The molecule has 0 bridgehead atoms. The maximum atomic E-state index is 12.5. The fraction of sp³-hybridized carbons (Fsp3) is 0.688. The molecule has 0 aliphatic rings. The van der Waals surface area contributed by atoms with E-state index in [2.05, 4.69) is 21.3 Å². The monoisotopic (exact) mass is 730 g/mol. The number of carbonyl (C=O) groups excluding carboxylic acids is 6. The average Bonchev–Trinajstić information content (AvgIpc) is 3.05. The van der Waals surface area contributed by atoms with Crippen molar-refractivity contribution in [2.45, 2.75) is 109 Å². The molecule has 0 fully saturated rings. The molecule has 288 valence electrons.